The molecule has 11 heavy (non-hydrogen) atoms. The lowest BCUT2D eigenvalue weighted by Gasteiger charge is -2.36. The summed E-state index contributed by atoms with van der Waals surface area (Å²) in [7, 11) is 0. The van der Waals surface area contributed by atoms with Crippen molar-refractivity contribution < 1.29 is 0 Å². The largest absolute Gasteiger partial charge is 0.343 e. The monoisotopic (exact) mass is 170 g/mol. The summed E-state index contributed by atoms with van der Waals surface area (Å²) in [5.41, 5.74) is 5.63. The van der Waals surface area contributed by atoms with Crippen molar-refractivity contribution in [3.8, 4) is 0 Å². The lowest BCUT2D eigenvalue weighted by atomic mass is 10.1. The van der Waals surface area contributed by atoms with Crippen LogP contribution < -0.4 is 10.6 Å². The highest BCUT2D eigenvalue weighted by Crippen LogP contribution is 2.23. The number of aromatic nitrogens is 2. The highest BCUT2D eigenvalue weighted by atomic mass is 32.1. The highest BCUT2D eigenvalue weighted by Gasteiger charge is 2.25. The SMILES string of the molecule is Cc1nnc(N2CC(N)C2)s1. The van der Waals surface area contributed by atoms with E-state index in [2.05, 4.69) is 15.1 Å². The highest BCUT2D eigenvalue weighted by molar-refractivity contribution is 7.15. The molecule has 60 valence electrons. The average molecular weight is 170 g/mol. The quantitative estimate of drug-likeness (QED) is 0.644. The van der Waals surface area contributed by atoms with E-state index in [-0.39, 0.29) is 0 Å². The van der Waals surface area contributed by atoms with E-state index in [1.165, 1.54) is 0 Å². The second-order valence-electron chi connectivity index (χ2n) is 2.77. The molecule has 1 aliphatic heterocycles. The van der Waals surface area contributed by atoms with Crippen LogP contribution in [-0.2, 0) is 0 Å². The van der Waals surface area contributed by atoms with Crippen molar-refractivity contribution >= 4 is 16.5 Å². The first-order valence-electron chi connectivity index (χ1n) is 3.56. The van der Waals surface area contributed by atoms with Gasteiger partial charge in [0.05, 0.1) is 0 Å². The first kappa shape index (κ1) is 7.00. The summed E-state index contributed by atoms with van der Waals surface area (Å²) < 4.78 is 0. The third-order valence-electron chi connectivity index (χ3n) is 1.70. The first-order valence-corrected chi connectivity index (χ1v) is 4.38. The van der Waals surface area contributed by atoms with Gasteiger partial charge in [-0.25, -0.2) is 0 Å². The molecule has 0 atom stereocenters. The molecule has 2 rings (SSSR count). The zero-order valence-corrected chi connectivity index (χ0v) is 7.14. The van der Waals surface area contributed by atoms with Crippen LogP contribution in [0.1, 0.15) is 5.01 Å². The van der Waals surface area contributed by atoms with Gasteiger partial charge < -0.3 is 10.6 Å². The van der Waals surface area contributed by atoms with Gasteiger partial charge in [-0.15, -0.1) is 10.2 Å². The fourth-order valence-electron chi connectivity index (χ4n) is 1.08. The van der Waals surface area contributed by atoms with Crippen molar-refractivity contribution in [3.63, 3.8) is 0 Å². The predicted molar refractivity (Wildman–Crippen MR) is 44.8 cm³/mol. The third-order valence-corrected chi connectivity index (χ3v) is 2.60. The van der Waals surface area contributed by atoms with Gasteiger partial charge in [-0.2, -0.15) is 0 Å². The first-order chi connectivity index (χ1) is 5.25. The van der Waals surface area contributed by atoms with Gasteiger partial charge in [0, 0.05) is 19.1 Å². The molecule has 0 saturated carbocycles. The molecular weight excluding hydrogens is 160 g/mol. The molecule has 1 aliphatic rings. The van der Waals surface area contributed by atoms with Gasteiger partial charge in [0.1, 0.15) is 5.01 Å². The summed E-state index contributed by atoms with van der Waals surface area (Å²) in [6, 6.07) is 0.333. The van der Waals surface area contributed by atoms with Crippen LogP contribution >= 0.6 is 11.3 Å². The van der Waals surface area contributed by atoms with Gasteiger partial charge in [0.2, 0.25) is 5.13 Å². The molecule has 0 bridgehead atoms. The molecule has 0 amide bonds. The van der Waals surface area contributed by atoms with Crippen LogP contribution in [-0.4, -0.2) is 29.3 Å². The van der Waals surface area contributed by atoms with Crippen molar-refractivity contribution in [1.29, 1.82) is 0 Å². The van der Waals surface area contributed by atoms with E-state index in [0.717, 1.165) is 23.2 Å². The Bertz CT molecular complexity index is 253. The number of anilines is 1. The maximum Gasteiger partial charge on any atom is 0.208 e. The lowest BCUT2D eigenvalue weighted by Crippen LogP contribution is -2.55. The zero-order valence-electron chi connectivity index (χ0n) is 6.32. The van der Waals surface area contributed by atoms with Gasteiger partial charge in [0.15, 0.2) is 0 Å². The molecule has 5 heteroatoms. The Balaban J connectivity index is 2.07. The molecule has 1 aromatic heterocycles. The fraction of sp³-hybridized carbons (Fsp3) is 0.667. The van der Waals surface area contributed by atoms with Crippen molar-refractivity contribution in [2.75, 3.05) is 18.0 Å². The summed E-state index contributed by atoms with van der Waals surface area (Å²) in [6.45, 7) is 3.81. The van der Waals surface area contributed by atoms with Gasteiger partial charge >= 0.3 is 0 Å². The van der Waals surface area contributed by atoms with Crippen LogP contribution in [0, 0.1) is 6.92 Å². The van der Waals surface area contributed by atoms with E-state index in [0.29, 0.717) is 6.04 Å². The smallest absolute Gasteiger partial charge is 0.208 e. The lowest BCUT2D eigenvalue weighted by molar-refractivity contribution is 0.517. The van der Waals surface area contributed by atoms with Crippen LogP contribution in [0.5, 0.6) is 0 Å². The molecule has 0 aliphatic carbocycles. The van der Waals surface area contributed by atoms with Gasteiger partial charge in [-0.1, -0.05) is 11.3 Å². The Morgan fingerprint density at radius 3 is 2.73 bits per heavy atom. The minimum Gasteiger partial charge on any atom is -0.343 e. The summed E-state index contributed by atoms with van der Waals surface area (Å²) in [5.74, 6) is 0. The minimum absolute atomic E-state index is 0.333. The van der Waals surface area contributed by atoms with Crippen molar-refractivity contribution in [2.45, 2.75) is 13.0 Å². The Labute approximate surface area is 69.0 Å². The average Bonchev–Trinajstić information content (AvgIpc) is 2.29. The van der Waals surface area contributed by atoms with Crippen LogP contribution in [0.15, 0.2) is 0 Å². The normalized spacial score (nSPS) is 18.5. The molecule has 0 unspecified atom stereocenters. The Morgan fingerprint density at radius 1 is 1.55 bits per heavy atom. The second-order valence-corrected chi connectivity index (χ2v) is 3.93. The molecule has 0 spiro atoms. The van der Waals surface area contributed by atoms with E-state index in [9.17, 15) is 0 Å². The Morgan fingerprint density at radius 2 is 2.27 bits per heavy atom. The molecule has 4 nitrogen and oxygen atoms in total. The van der Waals surface area contributed by atoms with Gasteiger partial charge in [-0.05, 0) is 6.92 Å². The summed E-state index contributed by atoms with van der Waals surface area (Å²) >= 11 is 1.62. The van der Waals surface area contributed by atoms with Crippen molar-refractivity contribution in [3.05, 3.63) is 5.01 Å². The topological polar surface area (TPSA) is 55.0 Å². The number of nitrogens with two attached hydrogens (primary N) is 1. The fourth-order valence-corrected chi connectivity index (χ4v) is 1.79. The van der Waals surface area contributed by atoms with Crippen LogP contribution in [0.2, 0.25) is 0 Å². The molecule has 1 aromatic rings. The number of aryl methyl sites for hydroxylation is 1. The molecule has 1 saturated heterocycles. The van der Waals surface area contributed by atoms with Crippen LogP contribution in [0.3, 0.4) is 0 Å². The van der Waals surface area contributed by atoms with E-state index in [1.54, 1.807) is 11.3 Å². The maximum absolute atomic E-state index is 5.63. The number of hydrogen-bond donors (Lipinski definition) is 1. The molecular formula is C6H10N4S. The predicted octanol–water partition coefficient (Wildman–Crippen LogP) is -0.00618. The van der Waals surface area contributed by atoms with E-state index < -0.39 is 0 Å². The molecule has 2 N–H and O–H groups in total. The second kappa shape index (κ2) is 2.42. The summed E-state index contributed by atoms with van der Waals surface area (Å²) in [5, 5.41) is 9.96. The van der Waals surface area contributed by atoms with Crippen molar-refractivity contribution in [2.24, 2.45) is 5.73 Å². The summed E-state index contributed by atoms with van der Waals surface area (Å²) in [6.07, 6.45) is 0. The van der Waals surface area contributed by atoms with Gasteiger partial charge in [-0.3, -0.25) is 0 Å². The number of hydrogen-bond acceptors (Lipinski definition) is 5. The molecule has 2 heterocycles. The third kappa shape index (κ3) is 1.21. The number of nitrogens with zero attached hydrogens (tertiary/aromatic N) is 3. The Kier molecular flexibility index (Phi) is 1.54. The maximum atomic E-state index is 5.63. The van der Waals surface area contributed by atoms with Gasteiger partial charge in [0.25, 0.3) is 0 Å². The van der Waals surface area contributed by atoms with E-state index in [4.69, 9.17) is 5.73 Å². The standard InChI is InChI=1S/C6H10N4S/c1-4-8-9-6(11-4)10-2-5(7)3-10/h5H,2-3,7H2,1H3. The van der Waals surface area contributed by atoms with Crippen molar-refractivity contribution in [1.82, 2.24) is 10.2 Å². The zero-order chi connectivity index (χ0) is 7.84. The van der Waals surface area contributed by atoms with Crippen LogP contribution in [0.25, 0.3) is 0 Å². The Hall–Kier alpha value is -0.680. The van der Waals surface area contributed by atoms with E-state index >= 15 is 0 Å². The minimum atomic E-state index is 0.333. The summed E-state index contributed by atoms with van der Waals surface area (Å²) in [4.78, 5) is 2.15. The van der Waals surface area contributed by atoms with Crippen LogP contribution in [0.4, 0.5) is 5.13 Å². The molecule has 0 radical (unpaired) electrons. The molecule has 0 aromatic carbocycles. The molecule has 1 fully saturated rings. The number of rotatable bonds is 1. The van der Waals surface area contributed by atoms with E-state index in [1.807, 2.05) is 6.92 Å².